The highest BCUT2D eigenvalue weighted by atomic mass is 16.3. The van der Waals surface area contributed by atoms with Crippen molar-refractivity contribution in [3.63, 3.8) is 0 Å². The van der Waals surface area contributed by atoms with E-state index in [2.05, 4.69) is 10.3 Å². The Bertz CT molecular complexity index is 457. The quantitative estimate of drug-likeness (QED) is 0.856. The molecule has 1 aromatic carbocycles. The minimum atomic E-state index is 0.0322. The fraction of sp³-hybridized carbons (Fsp3) is 0.333. The Morgan fingerprint density at radius 3 is 3.00 bits per heavy atom. The molecule has 1 N–H and O–H groups in total. The monoisotopic (exact) mass is 218 g/mol. The maximum absolute atomic E-state index is 11.3. The first-order valence-corrected chi connectivity index (χ1v) is 5.40. The van der Waals surface area contributed by atoms with Crippen LogP contribution in [0.3, 0.4) is 0 Å². The number of oxazole rings is 1. The van der Waals surface area contributed by atoms with E-state index in [-0.39, 0.29) is 5.91 Å². The zero-order chi connectivity index (χ0) is 11.4. The van der Waals surface area contributed by atoms with Gasteiger partial charge in [-0.1, -0.05) is 19.1 Å². The summed E-state index contributed by atoms with van der Waals surface area (Å²) in [5.74, 6) is 0.579. The average molecular weight is 218 g/mol. The first-order chi connectivity index (χ1) is 7.79. The number of carbonyl (C=O) groups is 1. The van der Waals surface area contributed by atoms with Gasteiger partial charge in [0.1, 0.15) is 5.52 Å². The molecular weight excluding hydrogens is 204 g/mol. The molecule has 1 heterocycles. The van der Waals surface area contributed by atoms with Crippen molar-refractivity contribution >= 4 is 17.0 Å². The molecule has 0 saturated carbocycles. The molecule has 0 fully saturated rings. The number of amides is 1. The Morgan fingerprint density at radius 2 is 2.25 bits per heavy atom. The largest absolute Gasteiger partial charge is 0.439 e. The van der Waals surface area contributed by atoms with Gasteiger partial charge in [-0.2, -0.15) is 0 Å². The standard InChI is InChI=1S/C12H14N2O2/c1-2-5-11(15)13-8-12-14-9-6-3-4-7-10(9)16-12/h3-4,6-7H,2,5,8H2,1H3,(H,13,15). The minimum absolute atomic E-state index is 0.0322. The van der Waals surface area contributed by atoms with Gasteiger partial charge in [0, 0.05) is 6.42 Å². The maximum Gasteiger partial charge on any atom is 0.220 e. The molecule has 4 heteroatoms. The van der Waals surface area contributed by atoms with E-state index in [1.54, 1.807) is 0 Å². The number of aromatic nitrogens is 1. The van der Waals surface area contributed by atoms with Gasteiger partial charge in [-0.05, 0) is 18.6 Å². The van der Waals surface area contributed by atoms with Crippen molar-refractivity contribution in [2.24, 2.45) is 0 Å². The second kappa shape index (κ2) is 4.79. The predicted octanol–water partition coefficient (Wildman–Crippen LogP) is 2.24. The molecule has 0 saturated heterocycles. The van der Waals surface area contributed by atoms with Crippen molar-refractivity contribution in [2.45, 2.75) is 26.3 Å². The fourth-order valence-corrected chi connectivity index (χ4v) is 1.49. The number of para-hydroxylation sites is 2. The summed E-state index contributed by atoms with van der Waals surface area (Å²) in [5.41, 5.74) is 1.57. The Kier molecular flexibility index (Phi) is 3.19. The first kappa shape index (κ1) is 10.7. The molecule has 16 heavy (non-hydrogen) atoms. The lowest BCUT2D eigenvalue weighted by molar-refractivity contribution is -0.121. The summed E-state index contributed by atoms with van der Waals surface area (Å²) < 4.78 is 5.47. The van der Waals surface area contributed by atoms with Gasteiger partial charge in [0.05, 0.1) is 6.54 Å². The van der Waals surface area contributed by atoms with Crippen LogP contribution < -0.4 is 5.32 Å². The molecule has 84 valence electrons. The highest BCUT2D eigenvalue weighted by Crippen LogP contribution is 2.14. The van der Waals surface area contributed by atoms with E-state index in [1.807, 2.05) is 31.2 Å². The number of nitrogens with one attached hydrogen (secondary N) is 1. The Balaban J connectivity index is 2.02. The van der Waals surface area contributed by atoms with Crippen molar-refractivity contribution in [2.75, 3.05) is 0 Å². The number of rotatable bonds is 4. The van der Waals surface area contributed by atoms with Crippen molar-refractivity contribution in [1.82, 2.24) is 10.3 Å². The van der Waals surface area contributed by atoms with Gasteiger partial charge >= 0.3 is 0 Å². The van der Waals surface area contributed by atoms with Crippen molar-refractivity contribution in [3.05, 3.63) is 30.2 Å². The molecular formula is C12H14N2O2. The van der Waals surface area contributed by atoms with Crippen LogP contribution in [0.5, 0.6) is 0 Å². The minimum Gasteiger partial charge on any atom is -0.439 e. The SMILES string of the molecule is CCCC(=O)NCc1nc2ccccc2o1. The molecule has 0 bridgehead atoms. The third-order valence-corrected chi connectivity index (χ3v) is 2.25. The molecule has 0 unspecified atom stereocenters. The smallest absolute Gasteiger partial charge is 0.220 e. The number of fused-ring (bicyclic) bond motifs is 1. The van der Waals surface area contributed by atoms with E-state index in [0.29, 0.717) is 18.9 Å². The van der Waals surface area contributed by atoms with Crippen molar-refractivity contribution in [1.29, 1.82) is 0 Å². The zero-order valence-corrected chi connectivity index (χ0v) is 9.19. The van der Waals surface area contributed by atoms with Crippen LogP contribution in [0.25, 0.3) is 11.1 Å². The van der Waals surface area contributed by atoms with Crippen LogP contribution >= 0.6 is 0 Å². The summed E-state index contributed by atoms with van der Waals surface area (Å²) in [5, 5.41) is 2.77. The summed E-state index contributed by atoms with van der Waals surface area (Å²) in [7, 11) is 0. The summed E-state index contributed by atoms with van der Waals surface area (Å²) in [6.45, 7) is 2.33. The van der Waals surface area contributed by atoms with E-state index < -0.39 is 0 Å². The van der Waals surface area contributed by atoms with Crippen LogP contribution in [0.4, 0.5) is 0 Å². The van der Waals surface area contributed by atoms with E-state index >= 15 is 0 Å². The number of hydrogen-bond acceptors (Lipinski definition) is 3. The van der Waals surface area contributed by atoms with Crippen LogP contribution in [0.15, 0.2) is 28.7 Å². The molecule has 0 aliphatic rings. The summed E-state index contributed by atoms with van der Waals surface area (Å²) in [4.78, 5) is 15.5. The fourth-order valence-electron chi connectivity index (χ4n) is 1.49. The molecule has 0 atom stereocenters. The highest BCUT2D eigenvalue weighted by Gasteiger charge is 2.06. The second-order valence-corrected chi connectivity index (χ2v) is 3.60. The Hall–Kier alpha value is -1.84. The Labute approximate surface area is 93.7 Å². The molecule has 1 amide bonds. The van der Waals surface area contributed by atoms with Crippen molar-refractivity contribution < 1.29 is 9.21 Å². The molecule has 2 rings (SSSR count). The van der Waals surface area contributed by atoms with Gasteiger partial charge in [0.25, 0.3) is 0 Å². The van der Waals surface area contributed by atoms with E-state index in [0.717, 1.165) is 17.5 Å². The molecule has 0 aliphatic carbocycles. The van der Waals surface area contributed by atoms with Gasteiger partial charge in [-0.15, -0.1) is 0 Å². The van der Waals surface area contributed by atoms with Crippen LogP contribution in [0.1, 0.15) is 25.7 Å². The summed E-state index contributed by atoms with van der Waals surface area (Å²) >= 11 is 0. The first-order valence-electron chi connectivity index (χ1n) is 5.40. The van der Waals surface area contributed by atoms with E-state index in [9.17, 15) is 4.79 Å². The third-order valence-electron chi connectivity index (χ3n) is 2.25. The van der Waals surface area contributed by atoms with Crippen LogP contribution in [-0.2, 0) is 11.3 Å². The molecule has 2 aromatic rings. The lowest BCUT2D eigenvalue weighted by Crippen LogP contribution is -2.22. The van der Waals surface area contributed by atoms with Gasteiger partial charge in [0.2, 0.25) is 11.8 Å². The number of carbonyl (C=O) groups excluding carboxylic acids is 1. The van der Waals surface area contributed by atoms with Crippen LogP contribution in [0, 0.1) is 0 Å². The second-order valence-electron chi connectivity index (χ2n) is 3.60. The molecule has 4 nitrogen and oxygen atoms in total. The van der Waals surface area contributed by atoms with E-state index in [4.69, 9.17) is 4.42 Å². The van der Waals surface area contributed by atoms with Crippen molar-refractivity contribution in [3.8, 4) is 0 Å². The predicted molar refractivity (Wildman–Crippen MR) is 60.8 cm³/mol. The average Bonchev–Trinajstić information content (AvgIpc) is 2.69. The lowest BCUT2D eigenvalue weighted by Gasteiger charge is -1.99. The van der Waals surface area contributed by atoms with Gasteiger partial charge in [-0.3, -0.25) is 4.79 Å². The van der Waals surface area contributed by atoms with E-state index in [1.165, 1.54) is 0 Å². The van der Waals surface area contributed by atoms with Gasteiger partial charge < -0.3 is 9.73 Å². The normalized spacial score (nSPS) is 10.6. The number of nitrogens with zero attached hydrogens (tertiary/aromatic N) is 1. The topological polar surface area (TPSA) is 55.1 Å². The van der Waals surface area contributed by atoms with Crippen LogP contribution in [0.2, 0.25) is 0 Å². The number of benzene rings is 1. The third kappa shape index (κ3) is 2.39. The summed E-state index contributed by atoms with van der Waals surface area (Å²) in [6, 6.07) is 7.55. The lowest BCUT2D eigenvalue weighted by atomic mass is 10.3. The molecule has 1 aromatic heterocycles. The molecule has 0 radical (unpaired) electrons. The molecule has 0 aliphatic heterocycles. The zero-order valence-electron chi connectivity index (χ0n) is 9.19. The summed E-state index contributed by atoms with van der Waals surface area (Å²) in [6.07, 6.45) is 1.39. The van der Waals surface area contributed by atoms with Gasteiger partial charge in [-0.25, -0.2) is 4.98 Å². The maximum atomic E-state index is 11.3. The highest BCUT2D eigenvalue weighted by molar-refractivity contribution is 5.76. The van der Waals surface area contributed by atoms with Crippen LogP contribution in [-0.4, -0.2) is 10.9 Å². The molecule has 0 spiro atoms. The van der Waals surface area contributed by atoms with Gasteiger partial charge in [0.15, 0.2) is 5.58 Å². The number of hydrogen-bond donors (Lipinski definition) is 1. The Morgan fingerprint density at radius 1 is 1.44 bits per heavy atom.